The number of nitrogens with two attached hydrogens (primary N) is 1. The molecule has 136 valence electrons. The summed E-state index contributed by atoms with van der Waals surface area (Å²) in [6, 6.07) is 8.64. The number of aromatic nitrogens is 3. The smallest absolute Gasteiger partial charge is 0.259 e. The molecule has 2 atom stereocenters. The zero-order valence-electron chi connectivity index (χ0n) is 14.7. The van der Waals surface area contributed by atoms with E-state index in [1.165, 1.54) is 0 Å². The van der Waals surface area contributed by atoms with Crippen molar-refractivity contribution in [1.82, 2.24) is 14.7 Å². The Hall–Kier alpha value is -2.45. The summed E-state index contributed by atoms with van der Waals surface area (Å²) in [5, 5.41) is 9.35. The van der Waals surface area contributed by atoms with Gasteiger partial charge in [-0.15, -0.1) is 0 Å². The van der Waals surface area contributed by atoms with Gasteiger partial charge >= 0.3 is 0 Å². The molecule has 7 nitrogen and oxygen atoms in total. The van der Waals surface area contributed by atoms with Crippen LogP contribution in [0.5, 0.6) is 0 Å². The van der Waals surface area contributed by atoms with E-state index < -0.39 is 10.0 Å². The molecule has 0 bridgehead atoms. The van der Waals surface area contributed by atoms with E-state index in [0.29, 0.717) is 11.7 Å². The molecule has 4 rings (SSSR count). The predicted molar refractivity (Wildman–Crippen MR) is 95.8 cm³/mol. The molecular formula is C18H20N4O3S. The first kappa shape index (κ1) is 17.0. The standard InChI is InChI=1S/C18H20N4O3S/c1-18(2)14(11-4-6-13(7-5-11)26(19,23)24)15(18)16-20-17(25-21-16)12-8-9-22(3)10-12/h4-10,14-15H,1-3H3,(H2,19,23,24)/t14-,15+/m0/s1. The molecule has 2 aromatic heterocycles. The van der Waals surface area contributed by atoms with Gasteiger partial charge in [-0.1, -0.05) is 31.1 Å². The number of hydrogen-bond acceptors (Lipinski definition) is 5. The molecule has 0 radical (unpaired) electrons. The van der Waals surface area contributed by atoms with Crippen LogP contribution < -0.4 is 5.14 Å². The van der Waals surface area contributed by atoms with Gasteiger partial charge in [-0.05, 0) is 29.2 Å². The van der Waals surface area contributed by atoms with Crippen LogP contribution in [0.25, 0.3) is 11.5 Å². The van der Waals surface area contributed by atoms with Crippen molar-refractivity contribution in [3.05, 3.63) is 54.1 Å². The maximum Gasteiger partial charge on any atom is 0.259 e. The van der Waals surface area contributed by atoms with E-state index in [1.807, 2.05) is 42.2 Å². The quantitative estimate of drug-likeness (QED) is 0.758. The Morgan fingerprint density at radius 1 is 1.15 bits per heavy atom. The highest BCUT2D eigenvalue weighted by atomic mass is 32.2. The average Bonchev–Trinajstić information content (AvgIpc) is 2.95. The van der Waals surface area contributed by atoms with Crippen LogP contribution in [0.2, 0.25) is 0 Å². The molecule has 1 fully saturated rings. The normalized spacial score (nSPS) is 21.7. The first-order valence-corrected chi connectivity index (χ1v) is 9.81. The van der Waals surface area contributed by atoms with Gasteiger partial charge in [0.15, 0.2) is 5.82 Å². The van der Waals surface area contributed by atoms with E-state index in [4.69, 9.17) is 9.66 Å². The number of sulfonamides is 1. The fourth-order valence-electron chi connectivity index (χ4n) is 3.71. The largest absolute Gasteiger partial charge is 0.356 e. The van der Waals surface area contributed by atoms with Crippen LogP contribution in [-0.4, -0.2) is 23.1 Å². The van der Waals surface area contributed by atoms with E-state index in [0.717, 1.165) is 11.1 Å². The number of nitrogens with zero attached hydrogens (tertiary/aromatic N) is 3. The summed E-state index contributed by atoms with van der Waals surface area (Å²) in [4.78, 5) is 4.69. The van der Waals surface area contributed by atoms with Crippen molar-refractivity contribution < 1.29 is 12.9 Å². The highest BCUT2D eigenvalue weighted by Crippen LogP contribution is 2.69. The average molecular weight is 372 g/mol. The Balaban J connectivity index is 1.61. The first-order chi connectivity index (χ1) is 12.2. The Kier molecular flexibility index (Phi) is 3.61. The van der Waals surface area contributed by atoms with Crippen LogP contribution in [-0.2, 0) is 17.1 Å². The van der Waals surface area contributed by atoms with Gasteiger partial charge in [-0.25, -0.2) is 13.6 Å². The first-order valence-electron chi connectivity index (χ1n) is 8.26. The summed E-state index contributed by atoms with van der Waals surface area (Å²) in [7, 11) is -1.75. The van der Waals surface area contributed by atoms with Gasteiger partial charge in [0.05, 0.1) is 10.5 Å². The molecule has 0 saturated heterocycles. The second kappa shape index (κ2) is 5.52. The molecule has 1 aliphatic rings. The summed E-state index contributed by atoms with van der Waals surface area (Å²) in [6.07, 6.45) is 3.86. The summed E-state index contributed by atoms with van der Waals surface area (Å²) in [6.45, 7) is 4.29. The van der Waals surface area contributed by atoms with Crippen LogP contribution >= 0.6 is 0 Å². The maximum atomic E-state index is 11.4. The van der Waals surface area contributed by atoms with Crippen molar-refractivity contribution in [3.8, 4) is 11.5 Å². The molecule has 1 saturated carbocycles. The third-order valence-electron chi connectivity index (χ3n) is 5.19. The number of rotatable bonds is 4. The minimum absolute atomic E-state index is 0.0407. The highest BCUT2D eigenvalue weighted by Gasteiger charge is 2.61. The van der Waals surface area contributed by atoms with Gasteiger partial charge in [-0.3, -0.25) is 0 Å². The van der Waals surface area contributed by atoms with Gasteiger partial charge in [0.1, 0.15) is 0 Å². The lowest BCUT2D eigenvalue weighted by atomic mass is 10.0. The van der Waals surface area contributed by atoms with E-state index in [9.17, 15) is 8.42 Å². The molecule has 3 aromatic rings. The monoisotopic (exact) mass is 372 g/mol. The molecule has 0 unspecified atom stereocenters. The van der Waals surface area contributed by atoms with Crippen molar-refractivity contribution in [2.24, 2.45) is 17.6 Å². The van der Waals surface area contributed by atoms with Crippen molar-refractivity contribution in [2.75, 3.05) is 0 Å². The molecule has 8 heteroatoms. The second-order valence-corrected chi connectivity index (χ2v) is 8.98. The molecular weight excluding hydrogens is 352 g/mol. The van der Waals surface area contributed by atoms with Gasteiger partial charge in [0.25, 0.3) is 5.89 Å². The molecule has 0 aliphatic heterocycles. The SMILES string of the molecule is Cn1ccc(-c2nc([C@H]3[C@H](c4ccc(S(N)(=O)=O)cc4)C3(C)C)no2)c1. The van der Waals surface area contributed by atoms with E-state index in [1.54, 1.807) is 12.1 Å². The summed E-state index contributed by atoms with van der Waals surface area (Å²) < 4.78 is 30.2. The molecule has 2 N–H and O–H groups in total. The topological polar surface area (TPSA) is 104 Å². The molecule has 1 aromatic carbocycles. The van der Waals surface area contributed by atoms with Gasteiger partial charge < -0.3 is 9.09 Å². The molecule has 26 heavy (non-hydrogen) atoms. The lowest BCUT2D eigenvalue weighted by Gasteiger charge is -2.04. The van der Waals surface area contributed by atoms with E-state index in [-0.39, 0.29) is 22.1 Å². The Morgan fingerprint density at radius 3 is 2.42 bits per heavy atom. The number of aryl methyl sites for hydroxylation is 1. The number of hydrogen-bond donors (Lipinski definition) is 1. The van der Waals surface area contributed by atoms with Gasteiger partial charge in [0, 0.05) is 31.3 Å². The molecule has 0 amide bonds. The minimum atomic E-state index is -3.69. The third-order valence-corrected chi connectivity index (χ3v) is 6.12. The Morgan fingerprint density at radius 2 is 1.85 bits per heavy atom. The fourth-order valence-corrected chi connectivity index (χ4v) is 4.23. The molecule has 0 spiro atoms. The van der Waals surface area contributed by atoms with Crippen molar-refractivity contribution in [1.29, 1.82) is 0 Å². The van der Waals surface area contributed by atoms with Crippen LogP contribution in [0.4, 0.5) is 0 Å². The van der Waals surface area contributed by atoms with Gasteiger partial charge in [0.2, 0.25) is 10.0 Å². The summed E-state index contributed by atoms with van der Waals surface area (Å²) in [5.74, 6) is 1.49. The predicted octanol–water partition coefficient (Wildman–Crippen LogP) is 2.63. The molecule has 1 aliphatic carbocycles. The minimum Gasteiger partial charge on any atom is -0.356 e. The lowest BCUT2D eigenvalue weighted by molar-refractivity contribution is 0.419. The zero-order valence-corrected chi connectivity index (χ0v) is 15.6. The van der Waals surface area contributed by atoms with Gasteiger partial charge in [-0.2, -0.15) is 4.98 Å². The fraction of sp³-hybridized carbons (Fsp3) is 0.333. The third kappa shape index (κ3) is 2.75. The maximum absolute atomic E-state index is 11.4. The highest BCUT2D eigenvalue weighted by molar-refractivity contribution is 7.89. The van der Waals surface area contributed by atoms with E-state index >= 15 is 0 Å². The number of benzene rings is 1. The van der Waals surface area contributed by atoms with Crippen molar-refractivity contribution in [2.45, 2.75) is 30.6 Å². The van der Waals surface area contributed by atoms with Crippen LogP contribution in [0.1, 0.15) is 37.1 Å². The lowest BCUT2D eigenvalue weighted by Crippen LogP contribution is -2.11. The Labute approximate surface area is 151 Å². The molecule has 2 heterocycles. The van der Waals surface area contributed by atoms with Crippen molar-refractivity contribution >= 4 is 10.0 Å². The van der Waals surface area contributed by atoms with Crippen LogP contribution in [0.3, 0.4) is 0 Å². The number of primary sulfonamides is 1. The van der Waals surface area contributed by atoms with Crippen LogP contribution in [0, 0.1) is 5.41 Å². The van der Waals surface area contributed by atoms with Crippen LogP contribution in [0.15, 0.2) is 52.1 Å². The van der Waals surface area contributed by atoms with E-state index in [2.05, 4.69) is 24.0 Å². The zero-order chi connectivity index (χ0) is 18.7. The second-order valence-electron chi connectivity index (χ2n) is 7.41. The summed E-state index contributed by atoms with van der Waals surface area (Å²) in [5.41, 5.74) is 1.89. The summed E-state index contributed by atoms with van der Waals surface area (Å²) >= 11 is 0. The van der Waals surface area contributed by atoms with Crippen molar-refractivity contribution in [3.63, 3.8) is 0 Å². The Bertz CT molecular complexity index is 1060.